The maximum Gasteiger partial charge on any atom is 0.317 e. The number of carbonyl (C=O) groups excluding carboxylic acids is 1. The summed E-state index contributed by atoms with van der Waals surface area (Å²) in [4.78, 5) is 17.8. The average molecular weight is 470 g/mol. The average Bonchev–Trinajstić information content (AvgIpc) is 3.09. The Bertz CT molecular complexity index is 899. The zero-order chi connectivity index (χ0) is 21.0. The van der Waals surface area contributed by atoms with Crippen molar-refractivity contribution in [1.82, 2.24) is 26.0 Å². The number of rotatable bonds is 6. The molecular formula is C17H21BrFN7O3. The zero-order valence-electron chi connectivity index (χ0n) is 15.8. The van der Waals surface area contributed by atoms with Gasteiger partial charge in [-0.25, -0.2) is 18.8 Å². The summed E-state index contributed by atoms with van der Waals surface area (Å²) >= 11 is 3.09. The summed E-state index contributed by atoms with van der Waals surface area (Å²) in [6.07, 6.45) is 0. The number of nitrogens with one attached hydrogen (secondary N) is 3. The van der Waals surface area contributed by atoms with E-state index in [0.717, 1.165) is 0 Å². The van der Waals surface area contributed by atoms with Crippen molar-refractivity contribution in [1.29, 1.82) is 0 Å². The minimum absolute atomic E-state index is 0.0150. The predicted molar refractivity (Wildman–Crippen MR) is 107 cm³/mol. The number of anilines is 1. The monoisotopic (exact) mass is 469 g/mol. The van der Waals surface area contributed by atoms with E-state index in [1.165, 1.54) is 18.2 Å². The predicted octanol–water partition coefficient (Wildman–Crippen LogP) is 2.49. The second-order valence-electron chi connectivity index (χ2n) is 6.89. The van der Waals surface area contributed by atoms with Crippen molar-refractivity contribution in [3.8, 4) is 0 Å². The molecule has 1 aliphatic rings. The highest BCUT2D eigenvalue weighted by atomic mass is 79.9. The van der Waals surface area contributed by atoms with Crippen LogP contribution in [0.4, 0.5) is 20.7 Å². The largest absolute Gasteiger partial charge is 0.365 e. The van der Waals surface area contributed by atoms with Gasteiger partial charge in [0.15, 0.2) is 11.5 Å². The van der Waals surface area contributed by atoms with Crippen LogP contribution >= 0.6 is 15.9 Å². The van der Waals surface area contributed by atoms with Crippen molar-refractivity contribution in [3.63, 3.8) is 0 Å². The number of benzene rings is 1. The summed E-state index contributed by atoms with van der Waals surface area (Å²) in [5, 5.41) is 22.9. The Balaban J connectivity index is 1.61. The van der Waals surface area contributed by atoms with Gasteiger partial charge in [0.05, 0.1) is 10.2 Å². The van der Waals surface area contributed by atoms with E-state index in [1.807, 2.05) is 19.3 Å². The number of hydrogen-bond donors (Lipinski definition) is 4. The lowest BCUT2D eigenvalue weighted by Crippen LogP contribution is -2.56. The van der Waals surface area contributed by atoms with Crippen LogP contribution in [0.15, 0.2) is 32.3 Å². The van der Waals surface area contributed by atoms with Gasteiger partial charge in [0, 0.05) is 31.6 Å². The van der Waals surface area contributed by atoms with Crippen LogP contribution in [0, 0.1) is 11.7 Å². The Morgan fingerprint density at radius 3 is 2.86 bits per heavy atom. The van der Waals surface area contributed by atoms with Gasteiger partial charge >= 0.3 is 6.03 Å². The van der Waals surface area contributed by atoms with Crippen molar-refractivity contribution >= 4 is 39.3 Å². The van der Waals surface area contributed by atoms with E-state index in [0.29, 0.717) is 25.3 Å². The smallest absolute Gasteiger partial charge is 0.317 e. The Kier molecular flexibility index (Phi) is 6.64. The number of halogens is 2. The van der Waals surface area contributed by atoms with Gasteiger partial charge in [-0.1, -0.05) is 0 Å². The molecule has 0 atom stereocenters. The molecule has 1 aliphatic heterocycles. The second-order valence-corrected chi connectivity index (χ2v) is 7.74. The lowest BCUT2D eigenvalue weighted by Gasteiger charge is -2.39. The van der Waals surface area contributed by atoms with E-state index in [9.17, 15) is 14.4 Å². The highest BCUT2D eigenvalue weighted by Crippen LogP contribution is 2.23. The van der Waals surface area contributed by atoms with Gasteiger partial charge in [-0.2, -0.15) is 0 Å². The molecule has 12 heteroatoms. The molecular weight excluding hydrogens is 449 g/mol. The highest BCUT2D eigenvalue weighted by molar-refractivity contribution is 9.10. The Morgan fingerprint density at radius 1 is 1.45 bits per heavy atom. The normalized spacial score (nSPS) is 14.7. The van der Waals surface area contributed by atoms with Gasteiger partial charge in [0.2, 0.25) is 5.82 Å². The van der Waals surface area contributed by atoms with Gasteiger partial charge in [-0.15, -0.1) is 0 Å². The number of carbonyl (C=O) groups is 1. The fourth-order valence-electron chi connectivity index (χ4n) is 2.72. The molecule has 0 unspecified atom stereocenters. The third kappa shape index (κ3) is 5.21. The molecule has 4 N–H and O–H groups in total. The van der Waals surface area contributed by atoms with Crippen LogP contribution in [0.25, 0.3) is 0 Å². The first kappa shape index (κ1) is 21.0. The van der Waals surface area contributed by atoms with Crippen LogP contribution in [0.3, 0.4) is 0 Å². The molecule has 1 aromatic carbocycles. The number of nitrogens with zero attached hydrogens (tertiary/aromatic N) is 4. The van der Waals surface area contributed by atoms with Crippen LogP contribution in [0.1, 0.15) is 19.5 Å². The third-order valence-corrected chi connectivity index (χ3v) is 4.79. The summed E-state index contributed by atoms with van der Waals surface area (Å²) in [6.45, 7) is 5.60. The van der Waals surface area contributed by atoms with Gasteiger partial charge in [0.1, 0.15) is 5.82 Å². The Labute approximate surface area is 174 Å². The topological polar surface area (TPSA) is 128 Å². The number of hydrogen-bond acceptors (Lipinski definition) is 7. The van der Waals surface area contributed by atoms with Crippen LogP contribution in [-0.4, -0.2) is 58.0 Å². The van der Waals surface area contributed by atoms with Crippen LogP contribution in [-0.2, 0) is 0 Å². The van der Waals surface area contributed by atoms with E-state index >= 15 is 0 Å². The van der Waals surface area contributed by atoms with Crippen LogP contribution < -0.4 is 16.1 Å². The van der Waals surface area contributed by atoms with Gasteiger partial charge in [-0.05, 0) is 58.3 Å². The number of aliphatic imine (C=N–C) groups is 1. The number of hydroxylamine groups is 1. The molecule has 0 saturated carbocycles. The summed E-state index contributed by atoms with van der Waals surface area (Å²) < 4.78 is 18.4. The molecule has 3 rings (SSSR count). The SMILES string of the molecule is CC(C)NC(=O)N1CC(CNc2nonc2C(=Nc2ccc(F)c(Br)c2)NO)C1. The standard InChI is InChI=1S/C17H21BrFN7O3/c1-9(2)21-17(27)26-7-10(8-26)6-20-15-14(24-29-25-15)16(23-28)22-11-3-4-13(19)12(18)5-11/h3-5,9-10,28H,6-8H2,1-2H3,(H,20,25)(H,21,27)(H,22,23). The first-order valence-corrected chi connectivity index (χ1v) is 9.72. The van der Waals surface area contributed by atoms with Gasteiger partial charge in [0.25, 0.3) is 0 Å². The molecule has 1 fully saturated rings. The maximum absolute atomic E-state index is 13.4. The summed E-state index contributed by atoms with van der Waals surface area (Å²) in [6, 6.07) is 4.16. The summed E-state index contributed by atoms with van der Waals surface area (Å²) in [5.74, 6) is 0.0906. The second kappa shape index (κ2) is 9.18. The maximum atomic E-state index is 13.4. The molecule has 2 amide bonds. The lowest BCUT2D eigenvalue weighted by atomic mass is 10.0. The minimum Gasteiger partial charge on any atom is -0.365 e. The first-order valence-electron chi connectivity index (χ1n) is 8.93. The van der Waals surface area contributed by atoms with Gasteiger partial charge in [-0.3, -0.25) is 10.7 Å². The fourth-order valence-corrected chi connectivity index (χ4v) is 3.09. The Morgan fingerprint density at radius 2 is 2.21 bits per heavy atom. The molecule has 10 nitrogen and oxygen atoms in total. The molecule has 1 saturated heterocycles. The molecule has 0 spiro atoms. The van der Waals surface area contributed by atoms with Gasteiger partial charge < -0.3 is 15.5 Å². The van der Waals surface area contributed by atoms with Crippen molar-refractivity contribution in [2.45, 2.75) is 19.9 Å². The van der Waals surface area contributed by atoms with E-state index < -0.39 is 5.82 Å². The number of amidine groups is 1. The van der Waals surface area contributed by atoms with E-state index in [4.69, 9.17) is 4.63 Å². The molecule has 0 radical (unpaired) electrons. The summed E-state index contributed by atoms with van der Waals surface area (Å²) in [5.41, 5.74) is 2.51. The highest BCUT2D eigenvalue weighted by Gasteiger charge is 2.31. The van der Waals surface area contributed by atoms with E-state index in [1.54, 1.807) is 4.90 Å². The van der Waals surface area contributed by atoms with E-state index in [2.05, 4.69) is 41.9 Å². The molecule has 0 aliphatic carbocycles. The first-order chi connectivity index (χ1) is 13.9. The van der Waals surface area contributed by atoms with E-state index in [-0.39, 0.29) is 39.8 Å². The summed E-state index contributed by atoms with van der Waals surface area (Å²) in [7, 11) is 0. The van der Waals surface area contributed by atoms with Crippen molar-refractivity contribution < 1.29 is 19.0 Å². The number of amides is 2. The number of likely N-dealkylation sites (tertiary alicyclic amines) is 1. The van der Waals surface area contributed by atoms with Crippen molar-refractivity contribution in [2.24, 2.45) is 10.9 Å². The molecule has 1 aromatic heterocycles. The molecule has 2 aromatic rings. The number of urea groups is 1. The lowest BCUT2D eigenvalue weighted by molar-refractivity contribution is 0.125. The number of aromatic nitrogens is 2. The quantitative estimate of drug-likeness (QED) is 0.290. The molecule has 29 heavy (non-hydrogen) atoms. The minimum atomic E-state index is -0.426. The fraction of sp³-hybridized carbons (Fsp3) is 0.412. The zero-order valence-corrected chi connectivity index (χ0v) is 17.4. The molecule has 156 valence electrons. The third-order valence-electron chi connectivity index (χ3n) is 4.18. The van der Waals surface area contributed by atoms with Crippen molar-refractivity contribution in [2.75, 3.05) is 25.0 Å². The van der Waals surface area contributed by atoms with Crippen LogP contribution in [0.5, 0.6) is 0 Å². The molecule has 0 bridgehead atoms. The Hall–Kier alpha value is -2.73. The molecule has 2 heterocycles. The van der Waals surface area contributed by atoms with Crippen LogP contribution in [0.2, 0.25) is 0 Å². The van der Waals surface area contributed by atoms with Crippen molar-refractivity contribution in [3.05, 3.63) is 34.2 Å².